The van der Waals surface area contributed by atoms with E-state index < -0.39 is 5.54 Å². The third-order valence-electron chi connectivity index (χ3n) is 3.63. The minimum atomic E-state index is -0.752. The molecule has 0 spiro atoms. The zero-order chi connectivity index (χ0) is 13.7. The lowest BCUT2D eigenvalue weighted by Crippen LogP contribution is -2.47. The van der Waals surface area contributed by atoms with Crippen molar-refractivity contribution in [2.75, 3.05) is 0 Å². The van der Waals surface area contributed by atoms with Crippen LogP contribution in [0.5, 0.6) is 0 Å². The second kappa shape index (κ2) is 5.87. The molecule has 5 nitrogen and oxygen atoms in total. The van der Waals surface area contributed by atoms with Crippen molar-refractivity contribution in [1.82, 2.24) is 10.5 Å². The van der Waals surface area contributed by atoms with Gasteiger partial charge in [-0.05, 0) is 19.8 Å². The van der Waals surface area contributed by atoms with Crippen LogP contribution in [-0.2, 0) is 0 Å². The van der Waals surface area contributed by atoms with Gasteiger partial charge < -0.3 is 9.84 Å². The van der Waals surface area contributed by atoms with Crippen LogP contribution in [0.2, 0.25) is 0 Å². The molecule has 1 aromatic rings. The Morgan fingerprint density at radius 1 is 1.37 bits per heavy atom. The third-order valence-corrected chi connectivity index (χ3v) is 3.63. The van der Waals surface area contributed by atoms with Crippen molar-refractivity contribution < 1.29 is 9.32 Å². The van der Waals surface area contributed by atoms with E-state index in [1.807, 2.05) is 0 Å². The van der Waals surface area contributed by atoms with E-state index in [2.05, 4.69) is 16.5 Å². The van der Waals surface area contributed by atoms with E-state index in [1.165, 1.54) is 6.42 Å². The van der Waals surface area contributed by atoms with Gasteiger partial charge in [-0.2, -0.15) is 5.26 Å². The van der Waals surface area contributed by atoms with Gasteiger partial charge in [-0.1, -0.05) is 37.3 Å². The number of nitrogens with zero attached hydrogens (tertiary/aromatic N) is 2. The molecule has 1 aromatic heterocycles. The van der Waals surface area contributed by atoms with Crippen LogP contribution in [0.25, 0.3) is 0 Å². The topological polar surface area (TPSA) is 78.9 Å². The molecule has 19 heavy (non-hydrogen) atoms. The van der Waals surface area contributed by atoms with Crippen LogP contribution >= 0.6 is 0 Å². The average Bonchev–Trinajstić information content (AvgIpc) is 2.80. The first-order valence-corrected chi connectivity index (χ1v) is 6.82. The molecule has 2 rings (SSSR count). The summed E-state index contributed by atoms with van der Waals surface area (Å²) in [7, 11) is 0. The molecule has 1 saturated carbocycles. The first-order chi connectivity index (χ1) is 9.15. The van der Waals surface area contributed by atoms with E-state index in [9.17, 15) is 10.1 Å². The quantitative estimate of drug-likeness (QED) is 0.887. The summed E-state index contributed by atoms with van der Waals surface area (Å²) in [6, 6.07) is 3.89. The highest BCUT2D eigenvalue weighted by Gasteiger charge is 2.33. The summed E-state index contributed by atoms with van der Waals surface area (Å²) in [6.45, 7) is 1.76. The summed E-state index contributed by atoms with van der Waals surface area (Å²) >= 11 is 0. The second-order valence-electron chi connectivity index (χ2n) is 5.25. The molecule has 1 amide bonds. The summed E-state index contributed by atoms with van der Waals surface area (Å²) in [5.74, 6) is -0.170. The molecule has 0 aromatic carbocycles. The fourth-order valence-electron chi connectivity index (χ4n) is 2.52. The van der Waals surface area contributed by atoms with Gasteiger partial charge in [0.25, 0.3) is 5.91 Å². The van der Waals surface area contributed by atoms with Crippen molar-refractivity contribution in [3.05, 3.63) is 17.5 Å². The van der Waals surface area contributed by atoms with Crippen LogP contribution in [0.4, 0.5) is 0 Å². The van der Waals surface area contributed by atoms with Gasteiger partial charge in [0.1, 0.15) is 5.54 Å². The Hall–Kier alpha value is -1.83. The Balaban J connectivity index is 2.08. The van der Waals surface area contributed by atoms with E-state index in [0.29, 0.717) is 18.5 Å². The molecule has 1 aliphatic rings. The number of nitriles is 1. The van der Waals surface area contributed by atoms with Gasteiger partial charge in [0.2, 0.25) is 5.76 Å². The Kier molecular flexibility index (Phi) is 4.20. The molecular formula is C14H19N3O2. The summed E-state index contributed by atoms with van der Waals surface area (Å²) in [4.78, 5) is 12.1. The lowest BCUT2D eigenvalue weighted by Gasteiger charge is -2.29. The highest BCUT2D eigenvalue weighted by atomic mass is 16.5. The van der Waals surface area contributed by atoms with Crippen molar-refractivity contribution >= 4 is 5.91 Å². The van der Waals surface area contributed by atoms with Gasteiger partial charge in [-0.25, -0.2) is 0 Å². The third kappa shape index (κ3) is 3.34. The van der Waals surface area contributed by atoms with Crippen molar-refractivity contribution in [2.24, 2.45) is 0 Å². The SMILES string of the molecule is Cc1cc(C(=O)NC2(C#N)CCCCCCC2)on1. The Morgan fingerprint density at radius 3 is 2.53 bits per heavy atom. The Bertz CT molecular complexity index is 479. The second-order valence-corrected chi connectivity index (χ2v) is 5.25. The van der Waals surface area contributed by atoms with E-state index >= 15 is 0 Å². The number of rotatable bonds is 2. The molecule has 102 valence electrons. The van der Waals surface area contributed by atoms with Crippen molar-refractivity contribution in [3.63, 3.8) is 0 Å². The van der Waals surface area contributed by atoms with Crippen molar-refractivity contribution in [2.45, 2.75) is 57.4 Å². The number of hydrogen-bond donors (Lipinski definition) is 1. The minimum absolute atomic E-state index is 0.175. The van der Waals surface area contributed by atoms with Crippen LogP contribution in [0.1, 0.15) is 61.2 Å². The highest BCUT2D eigenvalue weighted by Crippen LogP contribution is 2.26. The zero-order valence-corrected chi connectivity index (χ0v) is 11.2. The van der Waals surface area contributed by atoms with Crippen molar-refractivity contribution in [3.8, 4) is 6.07 Å². The lowest BCUT2D eigenvalue weighted by atomic mass is 9.85. The molecule has 1 aliphatic carbocycles. The van der Waals surface area contributed by atoms with Gasteiger partial charge in [0.15, 0.2) is 0 Å². The van der Waals surface area contributed by atoms with E-state index in [1.54, 1.807) is 13.0 Å². The first-order valence-electron chi connectivity index (χ1n) is 6.82. The van der Waals surface area contributed by atoms with Gasteiger partial charge in [-0.15, -0.1) is 0 Å². The smallest absolute Gasteiger partial charge is 0.291 e. The normalized spacial score (nSPS) is 18.9. The zero-order valence-electron chi connectivity index (χ0n) is 11.2. The number of amides is 1. The fourth-order valence-corrected chi connectivity index (χ4v) is 2.52. The van der Waals surface area contributed by atoms with E-state index in [-0.39, 0.29) is 11.7 Å². The van der Waals surface area contributed by atoms with Crippen LogP contribution in [0, 0.1) is 18.3 Å². The molecule has 5 heteroatoms. The Morgan fingerprint density at radius 2 is 2.00 bits per heavy atom. The molecule has 0 saturated heterocycles. The number of carbonyl (C=O) groups excluding carboxylic acids is 1. The standard InChI is InChI=1S/C14H19N3O2/c1-11-9-12(19-17-11)13(18)16-14(10-15)7-5-3-2-4-6-8-14/h9H,2-8H2,1H3,(H,16,18). The molecule has 1 heterocycles. The van der Waals surface area contributed by atoms with Crippen LogP contribution < -0.4 is 5.32 Å². The monoisotopic (exact) mass is 261 g/mol. The average molecular weight is 261 g/mol. The molecule has 0 aliphatic heterocycles. The molecule has 0 radical (unpaired) electrons. The Labute approximate surface area is 113 Å². The highest BCUT2D eigenvalue weighted by molar-refractivity contribution is 5.92. The maximum absolute atomic E-state index is 12.1. The predicted molar refractivity (Wildman–Crippen MR) is 69.4 cm³/mol. The molecular weight excluding hydrogens is 242 g/mol. The summed E-state index contributed by atoms with van der Waals surface area (Å²) in [6.07, 6.45) is 6.84. The number of carbonyl (C=O) groups is 1. The van der Waals surface area contributed by atoms with Crippen LogP contribution in [-0.4, -0.2) is 16.6 Å². The number of aromatic nitrogens is 1. The van der Waals surface area contributed by atoms with Gasteiger partial charge in [0, 0.05) is 6.07 Å². The molecule has 1 fully saturated rings. The molecule has 0 atom stereocenters. The number of aryl methyl sites for hydroxylation is 1. The summed E-state index contributed by atoms with van der Waals surface area (Å²) in [5, 5.41) is 16.0. The molecule has 1 N–H and O–H groups in total. The largest absolute Gasteiger partial charge is 0.351 e. The van der Waals surface area contributed by atoms with Gasteiger partial charge in [0.05, 0.1) is 11.8 Å². The van der Waals surface area contributed by atoms with E-state index in [0.717, 1.165) is 25.7 Å². The van der Waals surface area contributed by atoms with Gasteiger partial charge in [-0.3, -0.25) is 4.79 Å². The molecule has 0 bridgehead atoms. The summed E-state index contributed by atoms with van der Waals surface area (Å²) < 4.78 is 4.94. The van der Waals surface area contributed by atoms with Crippen LogP contribution in [0.3, 0.4) is 0 Å². The maximum atomic E-state index is 12.1. The first kappa shape index (κ1) is 13.6. The van der Waals surface area contributed by atoms with Crippen LogP contribution in [0.15, 0.2) is 10.6 Å². The number of hydrogen-bond acceptors (Lipinski definition) is 4. The maximum Gasteiger partial charge on any atom is 0.291 e. The van der Waals surface area contributed by atoms with E-state index in [4.69, 9.17) is 4.52 Å². The number of nitrogens with one attached hydrogen (secondary N) is 1. The lowest BCUT2D eigenvalue weighted by molar-refractivity contribution is 0.0870. The molecule has 0 unspecified atom stereocenters. The predicted octanol–water partition coefficient (Wildman–Crippen LogP) is 2.72. The van der Waals surface area contributed by atoms with Crippen molar-refractivity contribution in [1.29, 1.82) is 5.26 Å². The minimum Gasteiger partial charge on any atom is -0.351 e. The van der Waals surface area contributed by atoms with Gasteiger partial charge >= 0.3 is 0 Å². The fraction of sp³-hybridized carbons (Fsp3) is 0.643. The summed E-state index contributed by atoms with van der Waals surface area (Å²) in [5.41, 5.74) is -0.0908.